The van der Waals surface area contributed by atoms with Crippen molar-refractivity contribution in [3.05, 3.63) is 65.0 Å². The van der Waals surface area contributed by atoms with Gasteiger partial charge in [-0.05, 0) is 74.0 Å². The normalized spacial score (nSPS) is 25.7. The maximum Gasteiger partial charge on any atom is 0.0705 e. The van der Waals surface area contributed by atoms with Gasteiger partial charge in [-0.3, -0.25) is 9.98 Å². The first-order chi connectivity index (χ1) is 19.6. The van der Waals surface area contributed by atoms with Crippen molar-refractivity contribution in [1.29, 1.82) is 0 Å². The summed E-state index contributed by atoms with van der Waals surface area (Å²) in [5.74, 6) is 2.30. The lowest BCUT2D eigenvalue weighted by molar-refractivity contribution is 0.0217. The summed E-state index contributed by atoms with van der Waals surface area (Å²) in [5.41, 5.74) is 8.14. The second-order valence-electron chi connectivity index (χ2n) is 12.1. The third kappa shape index (κ3) is 7.67. The van der Waals surface area contributed by atoms with Crippen LogP contribution in [0.15, 0.2) is 53.2 Å². The van der Waals surface area contributed by atoms with Gasteiger partial charge in [0.15, 0.2) is 0 Å². The molecule has 2 saturated heterocycles. The van der Waals surface area contributed by atoms with Crippen molar-refractivity contribution < 1.29 is 14.6 Å². The summed E-state index contributed by atoms with van der Waals surface area (Å²) in [6, 6.07) is 13.0. The van der Waals surface area contributed by atoms with Gasteiger partial charge < -0.3 is 19.9 Å². The standard InChI is InChI=1S/C34H47N3O3/c1-24-3-6-29(16-20-39-22-24)34-31-12-14-32(28-7-4-26(5-8-28)21-35-17-18-38)37-33(31)13-11-30(36-34)10-9-27-15-19-40-23-25(27)2/h4-5,7-8,11-12,14,24-25,27,29,35,38H,3,6,9-10,13,15-23H2,1-2H3/t24-,25+,27?,29?/m1/s1. The minimum Gasteiger partial charge on any atom is -0.395 e. The molecule has 40 heavy (non-hydrogen) atoms. The second kappa shape index (κ2) is 14.5. The summed E-state index contributed by atoms with van der Waals surface area (Å²) >= 11 is 0. The molecule has 0 bridgehead atoms. The van der Waals surface area contributed by atoms with Crippen molar-refractivity contribution in [2.75, 3.05) is 39.6 Å². The quantitative estimate of drug-likeness (QED) is 0.380. The Bertz CT molecular complexity index is 1160. The molecule has 2 unspecified atom stereocenters. The summed E-state index contributed by atoms with van der Waals surface area (Å²) in [4.78, 5) is 10.6. The molecule has 4 atom stereocenters. The third-order valence-electron chi connectivity index (χ3n) is 8.91. The summed E-state index contributed by atoms with van der Waals surface area (Å²) in [6.45, 7) is 9.58. The Labute approximate surface area is 240 Å². The van der Waals surface area contributed by atoms with Gasteiger partial charge in [0.1, 0.15) is 0 Å². The molecule has 0 spiro atoms. The number of nitrogens with zero attached hydrogens (tertiary/aromatic N) is 2. The van der Waals surface area contributed by atoms with Gasteiger partial charge in [-0.1, -0.05) is 44.2 Å². The van der Waals surface area contributed by atoms with Crippen LogP contribution in [0.4, 0.5) is 0 Å². The molecule has 0 aliphatic carbocycles. The first-order valence-electron chi connectivity index (χ1n) is 15.4. The van der Waals surface area contributed by atoms with Crippen LogP contribution in [0.1, 0.15) is 69.2 Å². The van der Waals surface area contributed by atoms with Crippen LogP contribution in [-0.4, -0.2) is 55.4 Å². The summed E-state index contributed by atoms with van der Waals surface area (Å²) < 4.78 is 11.7. The Hall–Kier alpha value is -2.38. The van der Waals surface area contributed by atoms with Gasteiger partial charge in [0.2, 0.25) is 0 Å². The molecule has 6 heteroatoms. The molecule has 2 aromatic rings. The number of nitrogens with one attached hydrogen (secondary N) is 1. The van der Waals surface area contributed by atoms with Gasteiger partial charge in [0.05, 0.1) is 23.7 Å². The SMILES string of the molecule is C[C@@H]1CCC(C2=NC(CCC3CCOC[C@@H]3C)=CCc3nc(-c4ccc(CNCCO)cc4)ccc32)CCOC1. The third-order valence-corrected chi connectivity index (χ3v) is 8.91. The van der Waals surface area contributed by atoms with E-state index in [1.54, 1.807) is 0 Å². The fourth-order valence-corrected chi connectivity index (χ4v) is 6.28. The molecule has 1 aromatic carbocycles. The number of fused-ring (bicyclic) bond motifs is 1. The van der Waals surface area contributed by atoms with E-state index in [1.807, 2.05) is 0 Å². The lowest BCUT2D eigenvalue weighted by atomic mass is 9.85. The van der Waals surface area contributed by atoms with E-state index < -0.39 is 0 Å². The number of aromatic nitrogens is 1. The average Bonchev–Trinajstić information content (AvgIpc) is 3.14. The number of hydrogen-bond donors (Lipinski definition) is 2. The number of ether oxygens (including phenoxy) is 2. The van der Waals surface area contributed by atoms with E-state index in [1.165, 1.54) is 35.4 Å². The number of aliphatic imine (C=N–C) groups is 1. The van der Waals surface area contributed by atoms with E-state index in [4.69, 9.17) is 24.6 Å². The van der Waals surface area contributed by atoms with Gasteiger partial charge in [-0.15, -0.1) is 0 Å². The smallest absolute Gasteiger partial charge is 0.0705 e. The molecule has 2 fully saturated rings. The average molecular weight is 546 g/mol. The van der Waals surface area contributed by atoms with E-state index in [-0.39, 0.29) is 6.61 Å². The molecule has 3 aliphatic heterocycles. The zero-order chi connectivity index (χ0) is 27.7. The Balaban J connectivity index is 1.39. The number of aliphatic hydroxyl groups excluding tert-OH is 1. The molecule has 0 amide bonds. The van der Waals surface area contributed by atoms with Crippen molar-refractivity contribution in [2.45, 2.75) is 65.3 Å². The van der Waals surface area contributed by atoms with Crippen LogP contribution in [0, 0.1) is 23.7 Å². The summed E-state index contributed by atoms with van der Waals surface area (Å²) in [6.07, 6.45) is 9.84. The zero-order valence-electron chi connectivity index (χ0n) is 24.4. The molecule has 1 aromatic heterocycles. The summed E-state index contributed by atoms with van der Waals surface area (Å²) in [7, 11) is 0. The van der Waals surface area contributed by atoms with Crippen LogP contribution in [0.2, 0.25) is 0 Å². The van der Waals surface area contributed by atoms with Crippen molar-refractivity contribution in [3.8, 4) is 11.3 Å². The highest BCUT2D eigenvalue weighted by Gasteiger charge is 2.27. The number of aliphatic hydroxyl groups is 1. The first kappa shape index (κ1) is 29.1. The maximum absolute atomic E-state index is 9.02. The van der Waals surface area contributed by atoms with Crippen LogP contribution in [0.3, 0.4) is 0 Å². The number of pyridine rings is 1. The number of allylic oxidation sites excluding steroid dienone is 2. The Morgan fingerprint density at radius 2 is 1.77 bits per heavy atom. The minimum absolute atomic E-state index is 0.153. The first-order valence-corrected chi connectivity index (χ1v) is 15.4. The van der Waals surface area contributed by atoms with E-state index in [0.717, 1.165) is 82.0 Å². The fraction of sp³-hybridized carbons (Fsp3) is 0.588. The number of benzene rings is 1. The largest absolute Gasteiger partial charge is 0.395 e. The molecule has 2 N–H and O–H groups in total. The highest BCUT2D eigenvalue weighted by molar-refractivity contribution is 6.04. The van der Waals surface area contributed by atoms with Gasteiger partial charge in [-0.2, -0.15) is 0 Å². The van der Waals surface area contributed by atoms with Crippen LogP contribution in [-0.2, 0) is 22.4 Å². The van der Waals surface area contributed by atoms with Crippen LogP contribution >= 0.6 is 0 Å². The van der Waals surface area contributed by atoms with Gasteiger partial charge in [-0.25, -0.2) is 0 Å². The number of rotatable bonds is 9. The van der Waals surface area contributed by atoms with Crippen LogP contribution < -0.4 is 5.32 Å². The minimum atomic E-state index is 0.153. The molecule has 6 nitrogen and oxygen atoms in total. The summed E-state index contributed by atoms with van der Waals surface area (Å²) in [5, 5.41) is 12.3. The highest BCUT2D eigenvalue weighted by atomic mass is 16.5. The highest BCUT2D eigenvalue weighted by Crippen LogP contribution is 2.33. The maximum atomic E-state index is 9.02. The predicted molar refractivity (Wildman–Crippen MR) is 161 cm³/mol. The molecule has 216 valence electrons. The van der Waals surface area contributed by atoms with Crippen molar-refractivity contribution in [2.24, 2.45) is 28.7 Å². The van der Waals surface area contributed by atoms with Crippen molar-refractivity contribution in [3.63, 3.8) is 0 Å². The monoisotopic (exact) mass is 545 g/mol. The Morgan fingerprint density at radius 1 is 0.950 bits per heavy atom. The topological polar surface area (TPSA) is 76.0 Å². The van der Waals surface area contributed by atoms with E-state index >= 15 is 0 Å². The number of hydrogen-bond acceptors (Lipinski definition) is 6. The van der Waals surface area contributed by atoms with E-state index in [9.17, 15) is 0 Å². The van der Waals surface area contributed by atoms with Crippen LogP contribution in [0.25, 0.3) is 11.3 Å². The molecule has 0 radical (unpaired) electrons. The zero-order valence-corrected chi connectivity index (χ0v) is 24.4. The van der Waals surface area contributed by atoms with Crippen molar-refractivity contribution >= 4 is 5.71 Å². The Morgan fingerprint density at radius 3 is 2.60 bits per heavy atom. The van der Waals surface area contributed by atoms with Crippen molar-refractivity contribution in [1.82, 2.24) is 10.3 Å². The van der Waals surface area contributed by atoms with E-state index in [2.05, 4.69) is 61.6 Å². The lowest BCUT2D eigenvalue weighted by Gasteiger charge is -2.29. The molecule has 4 heterocycles. The fourth-order valence-electron chi connectivity index (χ4n) is 6.28. The van der Waals surface area contributed by atoms with Gasteiger partial charge in [0, 0.05) is 68.7 Å². The lowest BCUT2D eigenvalue weighted by Crippen LogP contribution is -2.25. The van der Waals surface area contributed by atoms with Gasteiger partial charge >= 0.3 is 0 Å². The molecule has 5 rings (SSSR count). The molecular formula is C34H47N3O3. The van der Waals surface area contributed by atoms with Crippen LogP contribution in [0.5, 0.6) is 0 Å². The molecule has 0 saturated carbocycles. The molecule has 3 aliphatic rings. The Kier molecular flexibility index (Phi) is 10.6. The van der Waals surface area contributed by atoms with Gasteiger partial charge in [0.25, 0.3) is 0 Å². The predicted octanol–water partition coefficient (Wildman–Crippen LogP) is 5.97. The molecular weight excluding hydrogens is 498 g/mol. The van der Waals surface area contributed by atoms with E-state index in [0.29, 0.717) is 30.2 Å². The second-order valence-corrected chi connectivity index (χ2v) is 12.1.